The van der Waals surface area contributed by atoms with Crippen molar-refractivity contribution in [2.24, 2.45) is 4.99 Å². The van der Waals surface area contributed by atoms with Crippen LogP contribution in [0, 0.1) is 0 Å². The lowest BCUT2D eigenvalue weighted by Gasteiger charge is -2.37. The molecule has 1 aliphatic carbocycles. The predicted molar refractivity (Wildman–Crippen MR) is 118 cm³/mol. The number of aliphatic imine (C=N–C) groups is 1. The molecule has 7 nitrogen and oxygen atoms in total. The fraction of sp³-hybridized carbons (Fsp3) is 0.667. The number of guanidine groups is 1. The monoisotopic (exact) mass is 425 g/mol. The van der Waals surface area contributed by atoms with Crippen LogP contribution >= 0.6 is 0 Å². The van der Waals surface area contributed by atoms with Crippen LogP contribution in [0.1, 0.15) is 44.6 Å². The third-order valence-electron chi connectivity index (χ3n) is 5.46. The molecule has 2 N–H and O–H groups in total. The van der Waals surface area contributed by atoms with Gasteiger partial charge in [0, 0.05) is 24.8 Å². The van der Waals surface area contributed by atoms with Crippen molar-refractivity contribution in [2.45, 2.75) is 44.4 Å². The number of hydrogen-bond acceptors (Lipinski definition) is 5. The van der Waals surface area contributed by atoms with E-state index < -0.39 is 9.84 Å². The van der Waals surface area contributed by atoms with Gasteiger partial charge in [-0.1, -0.05) is 25.3 Å². The van der Waals surface area contributed by atoms with Crippen LogP contribution in [-0.2, 0) is 15.3 Å². The summed E-state index contributed by atoms with van der Waals surface area (Å²) in [6.07, 6.45) is 6.95. The fourth-order valence-electron chi connectivity index (χ4n) is 3.86. The zero-order valence-corrected chi connectivity index (χ0v) is 18.9. The van der Waals surface area contributed by atoms with Gasteiger partial charge in [0.05, 0.1) is 26.5 Å². The summed E-state index contributed by atoms with van der Waals surface area (Å²) in [5, 5.41) is 6.36. The molecule has 0 bridgehead atoms. The lowest BCUT2D eigenvalue weighted by Crippen LogP contribution is -2.41. The molecule has 1 saturated carbocycles. The Bertz CT molecular complexity index is 787. The van der Waals surface area contributed by atoms with Crippen LogP contribution in [0.5, 0.6) is 11.5 Å². The van der Waals surface area contributed by atoms with E-state index in [0.29, 0.717) is 25.6 Å². The quantitative estimate of drug-likeness (QED) is 0.467. The molecule has 0 atom stereocenters. The minimum Gasteiger partial charge on any atom is -0.493 e. The topological polar surface area (TPSA) is 89.0 Å². The Morgan fingerprint density at radius 2 is 1.79 bits per heavy atom. The Hall–Kier alpha value is -1.96. The van der Waals surface area contributed by atoms with Crippen LogP contribution in [0.4, 0.5) is 0 Å². The maximum Gasteiger partial charge on any atom is 0.191 e. The van der Waals surface area contributed by atoms with E-state index in [-0.39, 0.29) is 11.2 Å². The Balaban J connectivity index is 2.25. The van der Waals surface area contributed by atoms with E-state index >= 15 is 0 Å². The van der Waals surface area contributed by atoms with E-state index in [0.717, 1.165) is 24.3 Å². The first kappa shape index (κ1) is 23.3. The van der Waals surface area contributed by atoms with Crippen molar-refractivity contribution in [3.05, 3.63) is 23.8 Å². The van der Waals surface area contributed by atoms with E-state index in [1.54, 1.807) is 14.2 Å². The van der Waals surface area contributed by atoms with Gasteiger partial charge in [-0.15, -0.1) is 0 Å². The number of nitrogens with zero attached hydrogens (tertiary/aromatic N) is 1. The van der Waals surface area contributed by atoms with Crippen molar-refractivity contribution in [1.29, 1.82) is 0 Å². The summed E-state index contributed by atoms with van der Waals surface area (Å²) in [4.78, 5) is 4.83. The third kappa shape index (κ3) is 6.80. The number of sulfone groups is 1. The minimum atomic E-state index is -3.01. The highest BCUT2D eigenvalue weighted by molar-refractivity contribution is 7.90. The van der Waals surface area contributed by atoms with Gasteiger partial charge >= 0.3 is 0 Å². The van der Waals surface area contributed by atoms with Crippen molar-refractivity contribution in [1.82, 2.24) is 10.6 Å². The average Bonchev–Trinajstić information content (AvgIpc) is 2.71. The SMILES string of the molecule is CCNC(=NCC1(c2ccc(OC)c(OC)c2)CCCCC1)NCCS(C)(=O)=O. The van der Waals surface area contributed by atoms with Crippen LogP contribution in [-0.4, -0.2) is 60.2 Å². The van der Waals surface area contributed by atoms with E-state index in [1.807, 2.05) is 13.0 Å². The highest BCUT2D eigenvalue weighted by Gasteiger charge is 2.34. The van der Waals surface area contributed by atoms with Crippen molar-refractivity contribution < 1.29 is 17.9 Å². The largest absolute Gasteiger partial charge is 0.493 e. The minimum absolute atomic E-state index is 0.0585. The standard InChI is InChI=1S/C21H35N3O4S/c1-5-22-20(23-13-14-29(4,25)26)24-16-21(11-7-6-8-12-21)17-9-10-18(27-2)19(15-17)28-3/h9-10,15H,5-8,11-14,16H2,1-4H3,(H2,22,23,24). The van der Waals surface area contributed by atoms with Crippen LogP contribution in [0.25, 0.3) is 0 Å². The Morgan fingerprint density at radius 3 is 2.38 bits per heavy atom. The highest BCUT2D eigenvalue weighted by atomic mass is 32.2. The Kier molecular flexibility index (Phi) is 8.61. The smallest absolute Gasteiger partial charge is 0.191 e. The van der Waals surface area contributed by atoms with Gasteiger partial charge in [0.25, 0.3) is 0 Å². The molecule has 0 saturated heterocycles. The molecule has 29 heavy (non-hydrogen) atoms. The van der Waals surface area contributed by atoms with Crippen LogP contribution in [0.3, 0.4) is 0 Å². The van der Waals surface area contributed by atoms with Gasteiger partial charge in [0.1, 0.15) is 9.84 Å². The Morgan fingerprint density at radius 1 is 1.10 bits per heavy atom. The van der Waals surface area contributed by atoms with Crippen LogP contribution < -0.4 is 20.1 Å². The van der Waals surface area contributed by atoms with Crippen molar-refractivity contribution in [2.75, 3.05) is 45.9 Å². The zero-order valence-electron chi connectivity index (χ0n) is 18.1. The molecule has 0 radical (unpaired) electrons. The molecule has 0 aliphatic heterocycles. The van der Waals surface area contributed by atoms with Gasteiger partial charge < -0.3 is 20.1 Å². The summed E-state index contributed by atoms with van der Waals surface area (Å²) in [6, 6.07) is 6.15. The lowest BCUT2D eigenvalue weighted by molar-refractivity contribution is 0.298. The summed E-state index contributed by atoms with van der Waals surface area (Å²) in [7, 11) is 0.286. The predicted octanol–water partition coefficient (Wildman–Crippen LogP) is 2.51. The number of benzene rings is 1. The molecule has 1 fully saturated rings. The second-order valence-corrected chi connectivity index (χ2v) is 9.92. The van der Waals surface area contributed by atoms with Gasteiger partial charge in [-0.3, -0.25) is 4.99 Å². The molecule has 1 aromatic carbocycles. The maximum absolute atomic E-state index is 11.4. The number of hydrogen-bond donors (Lipinski definition) is 2. The third-order valence-corrected chi connectivity index (χ3v) is 6.40. The first-order valence-corrected chi connectivity index (χ1v) is 12.3. The number of nitrogens with one attached hydrogen (secondary N) is 2. The summed E-state index contributed by atoms with van der Waals surface area (Å²) in [6.45, 7) is 3.69. The van der Waals surface area contributed by atoms with Gasteiger partial charge in [-0.25, -0.2) is 8.42 Å². The van der Waals surface area contributed by atoms with E-state index in [1.165, 1.54) is 31.1 Å². The lowest BCUT2D eigenvalue weighted by atomic mass is 9.69. The summed E-state index contributed by atoms with van der Waals surface area (Å²) in [5.41, 5.74) is 1.15. The first-order valence-electron chi connectivity index (χ1n) is 10.3. The second kappa shape index (κ2) is 10.7. The molecule has 1 aromatic rings. The van der Waals surface area contributed by atoms with Gasteiger partial charge in [0.15, 0.2) is 17.5 Å². The van der Waals surface area contributed by atoms with Gasteiger partial charge in [-0.05, 0) is 37.5 Å². The van der Waals surface area contributed by atoms with Crippen LogP contribution in [0.15, 0.2) is 23.2 Å². The molecule has 0 spiro atoms. The molecule has 0 aromatic heterocycles. The van der Waals surface area contributed by atoms with E-state index in [4.69, 9.17) is 14.5 Å². The Labute approximate surface area is 175 Å². The molecule has 0 heterocycles. The zero-order chi connectivity index (χ0) is 21.3. The fourth-order valence-corrected chi connectivity index (χ4v) is 4.33. The molecule has 0 unspecified atom stereocenters. The first-order chi connectivity index (χ1) is 13.8. The van der Waals surface area contributed by atoms with Crippen molar-refractivity contribution >= 4 is 15.8 Å². The molecule has 0 amide bonds. The maximum atomic E-state index is 11.4. The normalized spacial score (nSPS) is 16.9. The number of ether oxygens (including phenoxy) is 2. The molecular weight excluding hydrogens is 390 g/mol. The summed E-state index contributed by atoms with van der Waals surface area (Å²) >= 11 is 0. The summed E-state index contributed by atoms with van der Waals surface area (Å²) < 4.78 is 33.7. The van der Waals surface area contributed by atoms with Gasteiger partial charge in [0.2, 0.25) is 0 Å². The van der Waals surface area contributed by atoms with E-state index in [2.05, 4.69) is 22.8 Å². The van der Waals surface area contributed by atoms with Crippen LogP contribution in [0.2, 0.25) is 0 Å². The van der Waals surface area contributed by atoms with Crippen molar-refractivity contribution in [3.8, 4) is 11.5 Å². The molecule has 2 rings (SSSR count). The van der Waals surface area contributed by atoms with E-state index in [9.17, 15) is 8.42 Å². The van der Waals surface area contributed by atoms with Gasteiger partial charge in [-0.2, -0.15) is 0 Å². The molecule has 1 aliphatic rings. The molecule has 164 valence electrons. The highest BCUT2D eigenvalue weighted by Crippen LogP contribution is 2.42. The molecular formula is C21H35N3O4S. The second-order valence-electron chi connectivity index (χ2n) is 7.66. The average molecular weight is 426 g/mol. The number of rotatable bonds is 9. The summed E-state index contributed by atoms with van der Waals surface area (Å²) in [5.74, 6) is 2.19. The van der Waals surface area contributed by atoms with Crippen molar-refractivity contribution in [3.63, 3.8) is 0 Å². The molecule has 8 heteroatoms. The number of methoxy groups -OCH3 is 2.